The third kappa shape index (κ3) is 10.8. The SMILES string of the molecule is O=C(Nc1ccc(C(=O)Nc2ccc(C(=O)Nc3cccc4cc(S(=O)(=O)[O-])ccc34)cc2)cc1)Nc1ccc(C(=O)Nc2ccc(C(=O)Nc3cccc4cc(S(=O)(=O)[O-])ccc34)cc2)cc1. The van der Waals surface area contributed by atoms with Crippen molar-refractivity contribution in [2.24, 2.45) is 0 Å². The summed E-state index contributed by atoms with van der Waals surface area (Å²) in [6.45, 7) is 0. The first kappa shape index (κ1) is 45.8. The van der Waals surface area contributed by atoms with Crippen molar-refractivity contribution in [2.75, 3.05) is 31.9 Å². The van der Waals surface area contributed by atoms with Crippen molar-refractivity contribution < 1.29 is 49.9 Å². The van der Waals surface area contributed by atoms with Crippen molar-refractivity contribution in [3.8, 4) is 0 Å². The van der Waals surface area contributed by atoms with Crippen LogP contribution in [0, 0.1) is 0 Å². The highest BCUT2D eigenvalue weighted by Gasteiger charge is 2.15. The summed E-state index contributed by atoms with van der Waals surface area (Å²) in [4.78, 5) is 64.0. The van der Waals surface area contributed by atoms with Gasteiger partial charge in [-0.15, -0.1) is 0 Å². The van der Waals surface area contributed by atoms with Gasteiger partial charge < -0.3 is 41.0 Å². The molecule has 0 radical (unpaired) electrons. The van der Waals surface area contributed by atoms with E-state index in [1.165, 1.54) is 109 Å². The Hall–Kier alpha value is -8.75. The van der Waals surface area contributed by atoms with E-state index >= 15 is 0 Å². The highest BCUT2D eigenvalue weighted by Crippen LogP contribution is 2.29. The molecular weight excluding hydrogens is 913 g/mol. The van der Waals surface area contributed by atoms with E-state index in [-0.39, 0.29) is 32.0 Å². The first-order chi connectivity index (χ1) is 32.5. The monoisotopic (exact) mass is 946 g/mol. The van der Waals surface area contributed by atoms with Gasteiger partial charge in [0.15, 0.2) is 0 Å². The largest absolute Gasteiger partial charge is 0.744 e. The van der Waals surface area contributed by atoms with Crippen molar-refractivity contribution in [1.82, 2.24) is 0 Å². The molecule has 68 heavy (non-hydrogen) atoms. The number of rotatable bonds is 12. The van der Waals surface area contributed by atoms with E-state index in [1.54, 1.807) is 60.7 Å². The summed E-state index contributed by atoms with van der Waals surface area (Å²) in [5.41, 5.74) is 3.55. The smallest absolute Gasteiger partial charge is 0.323 e. The molecule has 0 atom stereocenters. The van der Waals surface area contributed by atoms with Gasteiger partial charge >= 0.3 is 6.03 Å². The van der Waals surface area contributed by atoms with Gasteiger partial charge in [-0.05, 0) is 144 Å². The summed E-state index contributed by atoms with van der Waals surface area (Å²) in [6, 6.07) is 41.4. The predicted octanol–water partition coefficient (Wildman–Crippen LogP) is 8.45. The molecule has 17 nitrogen and oxygen atoms in total. The van der Waals surface area contributed by atoms with E-state index in [0.717, 1.165) is 0 Å². The number of anilines is 6. The van der Waals surface area contributed by atoms with E-state index < -0.39 is 49.9 Å². The maximum Gasteiger partial charge on any atom is 0.323 e. The van der Waals surface area contributed by atoms with Crippen LogP contribution in [0.4, 0.5) is 38.9 Å². The molecule has 0 aromatic heterocycles. The van der Waals surface area contributed by atoms with Crippen LogP contribution in [0.2, 0.25) is 0 Å². The number of benzene rings is 8. The minimum Gasteiger partial charge on any atom is -0.744 e. The second-order valence-corrected chi connectivity index (χ2v) is 17.7. The van der Waals surface area contributed by atoms with Crippen LogP contribution in [-0.4, -0.2) is 55.6 Å². The lowest BCUT2D eigenvalue weighted by Crippen LogP contribution is -2.20. The molecule has 0 aliphatic heterocycles. The van der Waals surface area contributed by atoms with Gasteiger partial charge in [-0.1, -0.05) is 36.4 Å². The number of carbonyl (C=O) groups is 5. The zero-order valence-corrected chi connectivity index (χ0v) is 36.6. The molecule has 0 heterocycles. The molecule has 340 valence electrons. The number of fused-ring (bicyclic) bond motifs is 2. The summed E-state index contributed by atoms with van der Waals surface area (Å²) < 4.78 is 68.6. The summed E-state index contributed by atoms with van der Waals surface area (Å²) in [7, 11) is -9.30. The highest BCUT2D eigenvalue weighted by atomic mass is 32.2. The van der Waals surface area contributed by atoms with Crippen LogP contribution in [0.3, 0.4) is 0 Å². The lowest BCUT2D eigenvalue weighted by atomic mass is 10.1. The van der Waals surface area contributed by atoms with Crippen LogP contribution in [0.15, 0.2) is 180 Å². The van der Waals surface area contributed by atoms with E-state index in [2.05, 4.69) is 31.9 Å². The van der Waals surface area contributed by atoms with Crippen molar-refractivity contribution in [3.05, 3.63) is 192 Å². The Labute approximate surface area is 387 Å². The van der Waals surface area contributed by atoms with Crippen LogP contribution in [0.25, 0.3) is 21.5 Å². The molecule has 0 bridgehead atoms. The second-order valence-electron chi connectivity index (χ2n) is 15.0. The number of urea groups is 1. The molecule has 8 aromatic carbocycles. The number of hydrogen-bond acceptors (Lipinski definition) is 11. The van der Waals surface area contributed by atoms with Gasteiger partial charge in [-0.25, -0.2) is 21.6 Å². The van der Waals surface area contributed by atoms with Gasteiger partial charge in [0.05, 0.1) is 9.79 Å². The van der Waals surface area contributed by atoms with E-state index in [4.69, 9.17) is 0 Å². The van der Waals surface area contributed by atoms with Gasteiger partial charge in [0, 0.05) is 67.2 Å². The molecule has 6 N–H and O–H groups in total. The van der Waals surface area contributed by atoms with Crippen LogP contribution in [0.5, 0.6) is 0 Å². The molecule has 0 aliphatic carbocycles. The minimum atomic E-state index is -4.65. The standard InChI is InChI=1S/C49H36N6O11S2/c56-45(50-35-15-7-31(8-16-35)47(58)54-43-5-1-3-33-27-39(67(61,62)63)23-25-41(33)43)29-11-19-37(20-12-29)52-49(60)53-38-21-13-30(14-22-38)46(57)51-36-17-9-32(10-18-36)48(59)55-44-6-2-4-34-28-40(68(64,65)66)24-26-42(34)44/h1-28H,(H,50,56)(H,51,57)(H,54,58)(H,55,59)(H2,52,53,60)(H,61,62,63)(H,64,65,66)/p-2. The molecule has 0 aliphatic rings. The third-order valence-corrected chi connectivity index (χ3v) is 12.1. The molecule has 19 heteroatoms. The van der Waals surface area contributed by atoms with Gasteiger partial charge in [-0.2, -0.15) is 0 Å². The minimum absolute atomic E-state index is 0.281. The summed E-state index contributed by atoms with van der Waals surface area (Å²) in [5, 5.41) is 18.4. The number of nitrogens with one attached hydrogen (secondary N) is 6. The zero-order valence-electron chi connectivity index (χ0n) is 35.0. The topological polar surface area (TPSA) is 272 Å². The van der Waals surface area contributed by atoms with Crippen molar-refractivity contribution in [3.63, 3.8) is 0 Å². The Kier molecular flexibility index (Phi) is 12.8. The van der Waals surface area contributed by atoms with E-state index in [1.807, 2.05) is 0 Å². The average Bonchev–Trinajstić information content (AvgIpc) is 3.31. The molecular formula is C49H34N6O11S2-2. The Morgan fingerprint density at radius 1 is 0.338 bits per heavy atom. The summed E-state index contributed by atoms with van der Waals surface area (Å²) in [5.74, 6) is -1.81. The lowest BCUT2D eigenvalue weighted by molar-refractivity contribution is 0.101. The summed E-state index contributed by atoms with van der Waals surface area (Å²) >= 11 is 0. The molecule has 8 aromatic rings. The Morgan fingerprint density at radius 3 is 0.941 bits per heavy atom. The Morgan fingerprint density at radius 2 is 0.632 bits per heavy atom. The summed E-state index contributed by atoms with van der Waals surface area (Å²) in [6.07, 6.45) is 0. The van der Waals surface area contributed by atoms with E-state index in [9.17, 15) is 49.9 Å². The maximum absolute atomic E-state index is 13.0. The van der Waals surface area contributed by atoms with Crippen molar-refractivity contribution >= 4 is 106 Å². The Bertz CT molecular complexity index is 3300. The van der Waals surface area contributed by atoms with Crippen LogP contribution < -0.4 is 31.9 Å². The highest BCUT2D eigenvalue weighted by molar-refractivity contribution is 7.86. The molecule has 0 saturated carbocycles. The first-order valence-electron chi connectivity index (χ1n) is 20.2. The van der Waals surface area contributed by atoms with Gasteiger partial charge in [0.1, 0.15) is 20.2 Å². The fraction of sp³-hybridized carbons (Fsp3) is 0. The zero-order chi connectivity index (χ0) is 48.2. The molecule has 0 fully saturated rings. The molecule has 0 unspecified atom stereocenters. The molecule has 8 rings (SSSR count). The number of amides is 6. The lowest BCUT2D eigenvalue weighted by Gasteiger charge is -2.12. The Balaban J connectivity index is 0.790. The van der Waals surface area contributed by atoms with E-state index in [0.29, 0.717) is 55.7 Å². The predicted molar refractivity (Wildman–Crippen MR) is 254 cm³/mol. The third-order valence-electron chi connectivity index (χ3n) is 10.4. The fourth-order valence-electron chi connectivity index (χ4n) is 6.96. The molecule has 0 spiro atoms. The number of carbonyl (C=O) groups excluding carboxylic acids is 5. The van der Waals surface area contributed by atoms with Gasteiger partial charge in [0.2, 0.25) is 0 Å². The van der Waals surface area contributed by atoms with Gasteiger partial charge in [0.25, 0.3) is 23.6 Å². The van der Waals surface area contributed by atoms with Crippen LogP contribution in [0.1, 0.15) is 41.4 Å². The number of hydrogen-bond donors (Lipinski definition) is 6. The maximum atomic E-state index is 13.0. The van der Waals surface area contributed by atoms with Crippen molar-refractivity contribution in [1.29, 1.82) is 0 Å². The average molecular weight is 947 g/mol. The van der Waals surface area contributed by atoms with Crippen LogP contribution >= 0.6 is 0 Å². The fourth-order valence-corrected chi connectivity index (χ4v) is 7.97. The second kappa shape index (κ2) is 19.0. The molecule has 0 saturated heterocycles. The normalized spacial score (nSPS) is 11.3. The van der Waals surface area contributed by atoms with Crippen molar-refractivity contribution in [2.45, 2.75) is 9.79 Å². The van der Waals surface area contributed by atoms with Gasteiger partial charge in [-0.3, -0.25) is 19.2 Å². The van der Waals surface area contributed by atoms with Crippen LogP contribution in [-0.2, 0) is 20.2 Å². The first-order valence-corrected chi connectivity index (χ1v) is 23.0. The quantitative estimate of drug-likeness (QED) is 0.0632. The molecule has 6 amide bonds.